The molecule has 0 aliphatic rings. The molecule has 0 amide bonds. The van der Waals surface area contributed by atoms with Crippen molar-refractivity contribution in [3.05, 3.63) is 224 Å². The SMILES string of the molecule is O=P(c1ccccc1)(c1ccccc1)c1ccc(-c2ccc3c(c2)c2ccccc2n3-c2cccc(-c3cccc4c3c3ccccc3n4-c3ccccc3)c2)cc1. The van der Waals surface area contributed by atoms with Gasteiger partial charge in [-0.2, -0.15) is 0 Å². The van der Waals surface area contributed by atoms with Crippen LogP contribution in [0.25, 0.3) is 77.2 Å². The Hall–Kier alpha value is -7.19. The highest BCUT2D eigenvalue weighted by molar-refractivity contribution is 7.85. The second kappa shape index (κ2) is 13.8. The van der Waals surface area contributed by atoms with E-state index >= 15 is 4.57 Å². The maximum absolute atomic E-state index is 15.0. The Morgan fingerprint density at radius 1 is 0.310 bits per heavy atom. The van der Waals surface area contributed by atoms with Crippen molar-refractivity contribution in [2.24, 2.45) is 0 Å². The van der Waals surface area contributed by atoms with E-state index in [0.717, 1.165) is 49.4 Å². The van der Waals surface area contributed by atoms with Gasteiger partial charge in [0.25, 0.3) is 0 Å². The molecule has 11 aromatic rings. The maximum atomic E-state index is 15.0. The maximum Gasteiger partial charge on any atom is 0.171 e. The molecule has 4 heteroatoms. The van der Waals surface area contributed by atoms with E-state index < -0.39 is 7.14 Å². The normalized spacial score (nSPS) is 11.9. The second-order valence-corrected chi connectivity index (χ2v) is 17.6. The van der Waals surface area contributed by atoms with Gasteiger partial charge in [-0.15, -0.1) is 0 Å². The Bertz CT molecular complexity index is 3300. The molecule has 0 spiro atoms. The summed E-state index contributed by atoms with van der Waals surface area (Å²) in [5.74, 6) is 0. The van der Waals surface area contributed by atoms with Crippen molar-refractivity contribution >= 4 is 66.7 Å². The third-order valence-electron chi connectivity index (χ3n) is 11.6. The summed E-state index contributed by atoms with van der Waals surface area (Å²) in [7, 11) is -3.06. The van der Waals surface area contributed by atoms with Crippen molar-refractivity contribution < 1.29 is 4.57 Å². The first-order chi connectivity index (χ1) is 28.7. The Morgan fingerprint density at radius 3 is 1.52 bits per heavy atom. The van der Waals surface area contributed by atoms with Crippen molar-refractivity contribution in [3.63, 3.8) is 0 Å². The minimum Gasteiger partial charge on any atom is -0.309 e. The lowest BCUT2D eigenvalue weighted by Crippen LogP contribution is -2.24. The first-order valence-corrected chi connectivity index (χ1v) is 21.4. The van der Waals surface area contributed by atoms with E-state index in [1.807, 2.05) is 72.8 Å². The van der Waals surface area contributed by atoms with E-state index in [2.05, 4.69) is 161 Å². The molecule has 58 heavy (non-hydrogen) atoms. The number of rotatable bonds is 7. The number of hydrogen-bond donors (Lipinski definition) is 0. The minimum absolute atomic E-state index is 0.825. The van der Waals surface area contributed by atoms with E-state index in [9.17, 15) is 0 Å². The van der Waals surface area contributed by atoms with Crippen molar-refractivity contribution in [1.29, 1.82) is 0 Å². The van der Waals surface area contributed by atoms with Gasteiger partial charge < -0.3 is 13.7 Å². The summed E-state index contributed by atoms with van der Waals surface area (Å²) in [5.41, 5.74) is 11.5. The van der Waals surface area contributed by atoms with Crippen LogP contribution in [0, 0.1) is 0 Å². The van der Waals surface area contributed by atoms with Gasteiger partial charge in [0.2, 0.25) is 0 Å². The van der Waals surface area contributed by atoms with Crippen molar-refractivity contribution in [2.45, 2.75) is 0 Å². The smallest absolute Gasteiger partial charge is 0.171 e. The van der Waals surface area contributed by atoms with Gasteiger partial charge in [0.05, 0.1) is 22.1 Å². The molecule has 0 bridgehead atoms. The van der Waals surface area contributed by atoms with Crippen LogP contribution in [-0.4, -0.2) is 9.13 Å². The van der Waals surface area contributed by atoms with Crippen molar-refractivity contribution in [1.82, 2.24) is 9.13 Å². The molecule has 0 aliphatic carbocycles. The topological polar surface area (TPSA) is 26.9 Å². The molecule has 9 aromatic carbocycles. The minimum atomic E-state index is -3.06. The van der Waals surface area contributed by atoms with Gasteiger partial charge in [-0.05, 0) is 76.9 Å². The predicted molar refractivity (Wildman–Crippen MR) is 245 cm³/mol. The van der Waals surface area contributed by atoms with Crippen LogP contribution < -0.4 is 15.9 Å². The Balaban J connectivity index is 1.02. The van der Waals surface area contributed by atoms with E-state index in [1.54, 1.807) is 0 Å². The fourth-order valence-corrected chi connectivity index (χ4v) is 11.6. The number of nitrogens with zero attached hydrogens (tertiary/aromatic N) is 2. The quantitative estimate of drug-likeness (QED) is 0.149. The fraction of sp³-hybridized carbons (Fsp3) is 0. The van der Waals surface area contributed by atoms with Crippen LogP contribution in [-0.2, 0) is 4.57 Å². The summed E-state index contributed by atoms with van der Waals surface area (Å²) >= 11 is 0. The summed E-state index contributed by atoms with van der Waals surface area (Å²) < 4.78 is 19.8. The van der Waals surface area contributed by atoms with Gasteiger partial charge in [-0.25, -0.2) is 0 Å². The fourth-order valence-electron chi connectivity index (χ4n) is 8.95. The van der Waals surface area contributed by atoms with Gasteiger partial charge in [0, 0.05) is 48.8 Å². The first-order valence-electron chi connectivity index (χ1n) is 19.7. The lowest BCUT2D eigenvalue weighted by atomic mass is 9.99. The van der Waals surface area contributed by atoms with Crippen LogP contribution in [0.15, 0.2) is 224 Å². The molecule has 0 N–H and O–H groups in total. The first kappa shape index (κ1) is 34.1. The molecule has 0 saturated carbocycles. The molecule has 0 unspecified atom stereocenters. The molecular weight excluding hydrogens is 724 g/mol. The standard InChI is InChI=1S/C54H37N2OP/c57-58(43-20-6-2-7-21-43,44-22-8-3-9-23-44)45-33-30-38(31-34-45)39-32-35-52-49(37-39)47-24-10-12-27-50(47)56(52)42-19-14-16-40(36-42)46-26-15-29-53-54(46)48-25-11-13-28-51(48)55(53)41-17-4-1-5-18-41/h1-37H. The van der Waals surface area contributed by atoms with Gasteiger partial charge in [-0.3, -0.25) is 0 Å². The van der Waals surface area contributed by atoms with Crippen molar-refractivity contribution in [3.8, 4) is 33.6 Å². The van der Waals surface area contributed by atoms with E-state index in [4.69, 9.17) is 0 Å². The monoisotopic (exact) mass is 760 g/mol. The molecule has 0 fully saturated rings. The van der Waals surface area contributed by atoms with Crippen LogP contribution in [0.4, 0.5) is 0 Å². The molecule has 3 nitrogen and oxygen atoms in total. The van der Waals surface area contributed by atoms with Crippen LogP contribution in [0.3, 0.4) is 0 Å². The molecule has 0 saturated heterocycles. The highest BCUT2D eigenvalue weighted by Crippen LogP contribution is 2.44. The summed E-state index contributed by atoms with van der Waals surface area (Å²) in [6.45, 7) is 0. The van der Waals surface area contributed by atoms with Gasteiger partial charge >= 0.3 is 0 Å². The molecule has 274 valence electrons. The molecule has 0 aliphatic heterocycles. The van der Waals surface area contributed by atoms with Crippen LogP contribution in [0.5, 0.6) is 0 Å². The molecule has 2 aromatic heterocycles. The van der Waals surface area contributed by atoms with Crippen LogP contribution in [0.2, 0.25) is 0 Å². The summed E-state index contributed by atoms with van der Waals surface area (Å²) in [4.78, 5) is 0. The van der Waals surface area contributed by atoms with Gasteiger partial charge in [0.1, 0.15) is 0 Å². The van der Waals surface area contributed by atoms with Gasteiger partial charge in [-0.1, -0.05) is 170 Å². The summed E-state index contributed by atoms with van der Waals surface area (Å²) in [6, 6.07) is 78.5. The van der Waals surface area contributed by atoms with E-state index in [-0.39, 0.29) is 0 Å². The zero-order chi connectivity index (χ0) is 38.6. The molecule has 0 atom stereocenters. The van der Waals surface area contributed by atoms with Crippen LogP contribution >= 0.6 is 7.14 Å². The van der Waals surface area contributed by atoms with Crippen LogP contribution in [0.1, 0.15) is 0 Å². The number of para-hydroxylation sites is 3. The number of fused-ring (bicyclic) bond motifs is 6. The largest absolute Gasteiger partial charge is 0.309 e. The predicted octanol–water partition coefficient (Wildman–Crippen LogP) is 12.9. The third-order valence-corrected chi connectivity index (χ3v) is 14.7. The average molecular weight is 761 g/mol. The summed E-state index contributed by atoms with van der Waals surface area (Å²) in [5, 5.41) is 7.38. The lowest BCUT2D eigenvalue weighted by molar-refractivity contribution is 0.592. The van der Waals surface area contributed by atoms with E-state index in [1.165, 1.54) is 43.7 Å². The molecule has 0 radical (unpaired) electrons. The molecular formula is C54H37N2OP. The highest BCUT2D eigenvalue weighted by atomic mass is 31.2. The average Bonchev–Trinajstić information content (AvgIpc) is 3.82. The molecule has 2 heterocycles. The Morgan fingerprint density at radius 2 is 0.810 bits per heavy atom. The van der Waals surface area contributed by atoms with Crippen molar-refractivity contribution in [2.75, 3.05) is 0 Å². The number of hydrogen-bond acceptors (Lipinski definition) is 1. The van der Waals surface area contributed by atoms with Gasteiger partial charge in [0.15, 0.2) is 7.14 Å². The Labute approximate surface area is 337 Å². The number of aromatic nitrogens is 2. The Kier molecular flexibility index (Phi) is 8.10. The highest BCUT2D eigenvalue weighted by Gasteiger charge is 2.29. The zero-order valence-electron chi connectivity index (χ0n) is 31.6. The number of benzene rings is 9. The lowest BCUT2D eigenvalue weighted by Gasteiger charge is -2.20. The zero-order valence-corrected chi connectivity index (χ0v) is 32.5. The molecule has 11 rings (SSSR count). The van der Waals surface area contributed by atoms with E-state index in [0.29, 0.717) is 0 Å². The second-order valence-electron chi connectivity index (χ2n) is 14.8. The third kappa shape index (κ3) is 5.39. The summed E-state index contributed by atoms with van der Waals surface area (Å²) in [6.07, 6.45) is 0.